The fraction of sp³-hybridized carbons (Fsp3) is 0.526. The van der Waals surface area contributed by atoms with Crippen molar-refractivity contribution in [2.45, 2.75) is 41.9 Å². The molecule has 0 aliphatic carbocycles. The summed E-state index contributed by atoms with van der Waals surface area (Å²) >= 11 is 4.73. The first-order valence-corrected chi connectivity index (χ1v) is 12.1. The molecule has 1 amide bonds. The van der Waals surface area contributed by atoms with Crippen molar-refractivity contribution in [1.82, 2.24) is 15.1 Å². The van der Waals surface area contributed by atoms with Gasteiger partial charge >= 0.3 is 0 Å². The number of aromatic nitrogens is 2. The van der Waals surface area contributed by atoms with E-state index in [-0.39, 0.29) is 5.91 Å². The molecule has 0 spiro atoms. The summed E-state index contributed by atoms with van der Waals surface area (Å²) in [5, 5.41) is 11.3. The molecule has 0 unspecified atom stereocenters. The second kappa shape index (κ2) is 10.5. The smallest absolute Gasteiger partial charge is 0.234 e. The minimum atomic E-state index is -0.0149. The van der Waals surface area contributed by atoms with Gasteiger partial charge in [-0.1, -0.05) is 60.8 Å². The van der Waals surface area contributed by atoms with Gasteiger partial charge in [-0.25, -0.2) is 0 Å². The maximum absolute atomic E-state index is 12.2. The maximum Gasteiger partial charge on any atom is 0.234 e. The van der Waals surface area contributed by atoms with Gasteiger partial charge in [0.15, 0.2) is 8.68 Å². The fourth-order valence-electron chi connectivity index (χ4n) is 2.77. The van der Waals surface area contributed by atoms with Gasteiger partial charge in [-0.05, 0) is 49.5 Å². The lowest BCUT2D eigenvalue weighted by molar-refractivity contribution is -0.113. The normalized spacial score (nSPS) is 14.8. The van der Waals surface area contributed by atoms with E-state index in [9.17, 15) is 4.79 Å². The molecule has 1 aromatic heterocycles. The monoisotopic (exact) mass is 422 g/mol. The number of thioether (sulfide) groups is 2. The number of carbonyl (C=O) groups excluding carboxylic acids is 1. The number of carbonyl (C=O) groups is 1. The largest absolute Gasteiger partial charge is 0.325 e. The number of anilines is 1. The number of benzene rings is 1. The van der Waals surface area contributed by atoms with Crippen LogP contribution in [0.1, 0.15) is 32.3 Å². The van der Waals surface area contributed by atoms with Gasteiger partial charge in [0.05, 0.1) is 5.75 Å². The lowest BCUT2D eigenvalue weighted by atomic mass is 10.2. The van der Waals surface area contributed by atoms with Crippen LogP contribution in [0.2, 0.25) is 0 Å². The SMILES string of the molecule is CC(C)CSc1nnc(SCC(=O)Nc2ccc(CN3CCCC3)cc2)s1. The molecular formula is C19H26N4OS3. The molecule has 0 atom stereocenters. The van der Waals surface area contributed by atoms with E-state index in [0.29, 0.717) is 11.7 Å². The van der Waals surface area contributed by atoms with E-state index in [0.717, 1.165) is 26.7 Å². The summed E-state index contributed by atoms with van der Waals surface area (Å²) in [4.78, 5) is 14.7. The van der Waals surface area contributed by atoms with Crippen molar-refractivity contribution < 1.29 is 4.79 Å². The van der Waals surface area contributed by atoms with Crippen LogP contribution in [0.5, 0.6) is 0 Å². The Bertz CT molecular complexity index is 727. The summed E-state index contributed by atoms with van der Waals surface area (Å²) in [7, 11) is 0. The Kier molecular flexibility index (Phi) is 7.99. The summed E-state index contributed by atoms with van der Waals surface area (Å²) in [6.07, 6.45) is 2.61. The molecule has 1 aromatic carbocycles. The van der Waals surface area contributed by atoms with Crippen LogP contribution >= 0.6 is 34.9 Å². The molecule has 146 valence electrons. The van der Waals surface area contributed by atoms with Gasteiger partial charge in [0.2, 0.25) is 5.91 Å². The van der Waals surface area contributed by atoms with Crippen LogP contribution < -0.4 is 5.32 Å². The van der Waals surface area contributed by atoms with Gasteiger partial charge in [0.1, 0.15) is 0 Å². The molecule has 27 heavy (non-hydrogen) atoms. The third-order valence-electron chi connectivity index (χ3n) is 4.10. The number of amides is 1. The zero-order chi connectivity index (χ0) is 19.1. The number of hydrogen-bond acceptors (Lipinski definition) is 7. The Hall–Kier alpha value is -1.09. The molecule has 1 N–H and O–H groups in total. The Morgan fingerprint density at radius 3 is 2.48 bits per heavy atom. The first-order valence-electron chi connectivity index (χ1n) is 9.29. The minimum Gasteiger partial charge on any atom is -0.325 e. The van der Waals surface area contributed by atoms with E-state index in [4.69, 9.17) is 0 Å². The van der Waals surface area contributed by atoms with Crippen molar-refractivity contribution >= 4 is 46.5 Å². The molecule has 0 radical (unpaired) electrons. The number of nitrogens with zero attached hydrogens (tertiary/aromatic N) is 3. The van der Waals surface area contributed by atoms with Crippen LogP contribution in [0.3, 0.4) is 0 Å². The molecule has 2 heterocycles. The predicted molar refractivity (Wildman–Crippen MR) is 116 cm³/mol. The van der Waals surface area contributed by atoms with Crippen molar-refractivity contribution in [3.8, 4) is 0 Å². The summed E-state index contributed by atoms with van der Waals surface area (Å²) in [6.45, 7) is 7.76. The third-order valence-corrected chi connectivity index (χ3v) is 7.71. The van der Waals surface area contributed by atoms with Crippen molar-refractivity contribution in [2.75, 3.05) is 29.9 Å². The molecule has 2 aromatic rings. The zero-order valence-electron chi connectivity index (χ0n) is 15.8. The summed E-state index contributed by atoms with van der Waals surface area (Å²) in [5.41, 5.74) is 2.14. The second-order valence-corrected chi connectivity index (χ2v) is 10.5. The van der Waals surface area contributed by atoms with Crippen LogP contribution in [-0.4, -0.2) is 45.6 Å². The molecule has 3 rings (SSSR count). The Morgan fingerprint density at radius 1 is 1.15 bits per heavy atom. The van der Waals surface area contributed by atoms with Gasteiger partial charge < -0.3 is 5.32 Å². The molecule has 0 bridgehead atoms. The Labute approximate surface area is 173 Å². The summed E-state index contributed by atoms with van der Waals surface area (Å²) in [5.74, 6) is 1.99. The maximum atomic E-state index is 12.2. The quantitative estimate of drug-likeness (QED) is 0.596. The second-order valence-electron chi connectivity index (χ2n) is 7.06. The van der Waals surface area contributed by atoms with Crippen LogP contribution in [0.25, 0.3) is 0 Å². The van der Waals surface area contributed by atoms with Gasteiger partial charge in [-0.3, -0.25) is 9.69 Å². The number of hydrogen-bond donors (Lipinski definition) is 1. The van der Waals surface area contributed by atoms with Gasteiger partial charge in [0.25, 0.3) is 0 Å². The molecule has 1 aliphatic heterocycles. The Balaban J connectivity index is 1.41. The first-order chi connectivity index (χ1) is 13.1. The van der Waals surface area contributed by atoms with Crippen LogP contribution in [-0.2, 0) is 11.3 Å². The average molecular weight is 423 g/mol. The summed E-state index contributed by atoms with van der Waals surface area (Å²) < 4.78 is 1.82. The van der Waals surface area contributed by atoms with E-state index in [2.05, 4.69) is 46.4 Å². The molecule has 1 aliphatic rings. The van der Waals surface area contributed by atoms with Gasteiger partial charge in [-0.15, -0.1) is 10.2 Å². The van der Waals surface area contributed by atoms with E-state index in [1.807, 2.05) is 12.1 Å². The van der Waals surface area contributed by atoms with Crippen molar-refractivity contribution in [2.24, 2.45) is 5.92 Å². The van der Waals surface area contributed by atoms with Gasteiger partial charge in [-0.2, -0.15) is 0 Å². The summed E-state index contributed by atoms with van der Waals surface area (Å²) in [6, 6.07) is 8.17. The topological polar surface area (TPSA) is 58.1 Å². The highest BCUT2D eigenvalue weighted by Gasteiger charge is 2.12. The van der Waals surface area contributed by atoms with Crippen LogP contribution in [0.15, 0.2) is 32.9 Å². The van der Waals surface area contributed by atoms with Crippen molar-refractivity contribution in [3.63, 3.8) is 0 Å². The Morgan fingerprint density at radius 2 is 1.81 bits per heavy atom. The standard InChI is InChI=1S/C19H26N4OS3/c1-14(2)12-25-18-21-22-19(27-18)26-13-17(24)20-16-7-5-15(6-8-16)11-23-9-3-4-10-23/h5-8,14H,3-4,9-13H2,1-2H3,(H,20,24). The molecule has 1 saturated heterocycles. The first kappa shape index (κ1) is 20.6. The number of nitrogens with one attached hydrogen (secondary N) is 1. The minimum absolute atomic E-state index is 0.0149. The van der Waals surface area contributed by atoms with Crippen LogP contribution in [0.4, 0.5) is 5.69 Å². The highest BCUT2D eigenvalue weighted by atomic mass is 32.2. The van der Waals surface area contributed by atoms with Crippen LogP contribution in [0, 0.1) is 5.92 Å². The van der Waals surface area contributed by atoms with Gasteiger partial charge in [0, 0.05) is 18.0 Å². The lowest BCUT2D eigenvalue weighted by Gasteiger charge is -2.14. The van der Waals surface area contributed by atoms with E-state index >= 15 is 0 Å². The van der Waals surface area contributed by atoms with Crippen molar-refractivity contribution in [1.29, 1.82) is 0 Å². The highest BCUT2D eigenvalue weighted by Crippen LogP contribution is 2.29. The molecule has 5 nitrogen and oxygen atoms in total. The lowest BCUT2D eigenvalue weighted by Crippen LogP contribution is -2.18. The van der Waals surface area contributed by atoms with E-state index in [1.54, 1.807) is 23.1 Å². The molecule has 8 heteroatoms. The predicted octanol–water partition coefficient (Wildman–Crippen LogP) is 4.61. The third kappa shape index (κ3) is 7.10. The van der Waals surface area contributed by atoms with E-state index in [1.165, 1.54) is 43.3 Å². The molecule has 1 fully saturated rings. The zero-order valence-corrected chi connectivity index (χ0v) is 18.3. The molecule has 0 saturated carbocycles. The molecular weight excluding hydrogens is 396 g/mol. The number of likely N-dealkylation sites (tertiary alicyclic amines) is 1. The number of rotatable bonds is 9. The van der Waals surface area contributed by atoms with Crippen molar-refractivity contribution in [3.05, 3.63) is 29.8 Å². The average Bonchev–Trinajstić information content (AvgIpc) is 3.32. The fourth-order valence-corrected chi connectivity index (χ4v) is 5.57. The van der Waals surface area contributed by atoms with E-state index < -0.39 is 0 Å². The highest BCUT2D eigenvalue weighted by molar-refractivity contribution is 8.03.